The fourth-order valence-electron chi connectivity index (χ4n) is 2.37. The first kappa shape index (κ1) is 12.5. The molecule has 2 unspecified atom stereocenters. The van der Waals surface area contributed by atoms with Gasteiger partial charge in [-0.2, -0.15) is 0 Å². The number of aliphatic hydroxyl groups excluding tert-OH is 1. The third-order valence-electron chi connectivity index (χ3n) is 3.36. The van der Waals surface area contributed by atoms with E-state index in [9.17, 15) is 5.11 Å². The van der Waals surface area contributed by atoms with Crippen LogP contribution in [0.1, 0.15) is 43.6 Å². The van der Waals surface area contributed by atoms with Crippen molar-refractivity contribution in [2.24, 2.45) is 0 Å². The predicted molar refractivity (Wildman–Crippen MR) is 66.5 cm³/mol. The third-order valence-corrected chi connectivity index (χ3v) is 3.36. The molecular formula is C13H21N3O. The molecule has 0 amide bonds. The molecule has 4 nitrogen and oxygen atoms in total. The molecule has 94 valence electrons. The van der Waals surface area contributed by atoms with Crippen LogP contribution >= 0.6 is 0 Å². The summed E-state index contributed by atoms with van der Waals surface area (Å²) >= 11 is 0. The smallest absolute Gasteiger partial charge is 0.125 e. The van der Waals surface area contributed by atoms with E-state index in [2.05, 4.69) is 15.3 Å². The predicted octanol–water partition coefficient (Wildman–Crippen LogP) is 1.57. The van der Waals surface area contributed by atoms with E-state index in [1.165, 1.54) is 12.8 Å². The first-order valence-corrected chi connectivity index (χ1v) is 6.45. The fourth-order valence-corrected chi connectivity index (χ4v) is 2.37. The highest BCUT2D eigenvalue weighted by molar-refractivity contribution is 5.01. The molecule has 1 heterocycles. The first-order chi connectivity index (χ1) is 8.25. The van der Waals surface area contributed by atoms with Crippen LogP contribution < -0.4 is 5.32 Å². The summed E-state index contributed by atoms with van der Waals surface area (Å²) in [7, 11) is 0. The second-order valence-corrected chi connectivity index (χ2v) is 4.79. The van der Waals surface area contributed by atoms with Crippen molar-refractivity contribution in [2.45, 2.75) is 57.7 Å². The van der Waals surface area contributed by atoms with Crippen molar-refractivity contribution in [3.8, 4) is 0 Å². The van der Waals surface area contributed by atoms with E-state index in [-0.39, 0.29) is 12.1 Å². The Balaban J connectivity index is 1.88. The van der Waals surface area contributed by atoms with Gasteiger partial charge in [-0.15, -0.1) is 0 Å². The number of aryl methyl sites for hydroxylation is 1. The number of nitrogens with zero attached hydrogens (tertiary/aromatic N) is 2. The van der Waals surface area contributed by atoms with E-state index in [1.807, 2.05) is 13.0 Å². The monoisotopic (exact) mass is 235 g/mol. The molecule has 0 aromatic carbocycles. The van der Waals surface area contributed by atoms with Crippen LogP contribution in [0.5, 0.6) is 0 Å². The molecule has 17 heavy (non-hydrogen) atoms. The number of aromatic nitrogens is 2. The molecule has 0 radical (unpaired) electrons. The molecular weight excluding hydrogens is 214 g/mol. The van der Waals surface area contributed by atoms with Gasteiger partial charge in [-0.05, 0) is 25.8 Å². The van der Waals surface area contributed by atoms with Crippen LogP contribution in [-0.4, -0.2) is 27.2 Å². The summed E-state index contributed by atoms with van der Waals surface area (Å²) in [5.41, 5.74) is 0.994. The second-order valence-electron chi connectivity index (χ2n) is 4.79. The number of nitrogens with one attached hydrogen (secondary N) is 1. The van der Waals surface area contributed by atoms with E-state index >= 15 is 0 Å². The molecule has 2 rings (SSSR count). The minimum Gasteiger partial charge on any atom is -0.392 e. The zero-order chi connectivity index (χ0) is 12.1. The Morgan fingerprint density at radius 3 is 3.00 bits per heavy atom. The Morgan fingerprint density at radius 2 is 2.18 bits per heavy atom. The molecule has 0 saturated heterocycles. The number of hydrogen-bond donors (Lipinski definition) is 2. The summed E-state index contributed by atoms with van der Waals surface area (Å²) in [6, 6.07) is 2.14. The number of hydrogen-bond acceptors (Lipinski definition) is 4. The van der Waals surface area contributed by atoms with Crippen molar-refractivity contribution in [3.63, 3.8) is 0 Å². The van der Waals surface area contributed by atoms with Crippen molar-refractivity contribution in [1.82, 2.24) is 15.3 Å². The fraction of sp³-hybridized carbons (Fsp3) is 0.692. The van der Waals surface area contributed by atoms with Crippen LogP contribution in [-0.2, 0) is 6.54 Å². The van der Waals surface area contributed by atoms with Gasteiger partial charge < -0.3 is 10.4 Å². The van der Waals surface area contributed by atoms with Gasteiger partial charge in [0.2, 0.25) is 0 Å². The van der Waals surface area contributed by atoms with Crippen LogP contribution in [0.3, 0.4) is 0 Å². The van der Waals surface area contributed by atoms with Gasteiger partial charge in [0.25, 0.3) is 0 Å². The molecule has 0 aliphatic heterocycles. The summed E-state index contributed by atoms with van der Waals surface area (Å²) < 4.78 is 0. The van der Waals surface area contributed by atoms with Gasteiger partial charge in [-0.3, -0.25) is 0 Å². The number of aliphatic hydroxyl groups is 1. The Bertz CT molecular complexity index is 356. The normalized spacial score (nSPS) is 25.5. The summed E-state index contributed by atoms with van der Waals surface area (Å²) in [5, 5.41) is 13.4. The Hall–Kier alpha value is -1.00. The zero-order valence-electron chi connectivity index (χ0n) is 10.4. The molecule has 1 aliphatic rings. The van der Waals surface area contributed by atoms with Gasteiger partial charge in [0.05, 0.1) is 11.8 Å². The van der Waals surface area contributed by atoms with Crippen LogP contribution in [0.25, 0.3) is 0 Å². The van der Waals surface area contributed by atoms with Gasteiger partial charge in [0, 0.05) is 18.8 Å². The lowest BCUT2D eigenvalue weighted by atomic mass is 10.1. The maximum atomic E-state index is 9.99. The lowest BCUT2D eigenvalue weighted by molar-refractivity contribution is 0.119. The summed E-state index contributed by atoms with van der Waals surface area (Å²) in [4.78, 5) is 8.43. The Morgan fingerprint density at radius 1 is 1.35 bits per heavy atom. The Labute approximate surface area is 102 Å². The minimum absolute atomic E-state index is 0.208. The molecule has 1 saturated carbocycles. The van der Waals surface area contributed by atoms with Gasteiger partial charge in [-0.25, -0.2) is 9.97 Å². The van der Waals surface area contributed by atoms with Crippen molar-refractivity contribution in [1.29, 1.82) is 0 Å². The van der Waals surface area contributed by atoms with Crippen LogP contribution in [0, 0.1) is 6.92 Å². The molecule has 2 N–H and O–H groups in total. The summed E-state index contributed by atoms with van der Waals surface area (Å²) in [6.45, 7) is 2.61. The van der Waals surface area contributed by atoms with Crippen LogP contribution in [0.4, 0.5) is 0 Å². The average molecular weight is 235 g/mol. The summed E-state index contributed by atoms with van der Waals surface area (Å²) in [5.74, 6) is 0.797. The highest BCUT2D eigenvalue weighted by Crippen LogP contribution is 2.18. The second kappa shape index (κ2) is 6.07. The zero-order valence-corrected chi connectivity index (χ0v) is 10.4. The largest absolute Gasteiger partial charge is 0.392 e. The molecule has 1 aromatic rings. The minimum atomic E-state index is -0.208. The van der Waals surface area contributed by atoms with Gasteiger partial charge >= 0.3 is 0 Å². The molecule has 4 heteroatoms. The lowest BCUT2D eigenvalue weighted by Crippen LogP contribution is -2.38. The summed E-state index contributed by atoms with van der Waals surface area (Å²) in [6.07, 6.45) is 7.14. The average Bonchev–Trinajstić information content (AvgIpc) is 2.52. The molecule has 0 bridgehead atoms. The SMILES string of the molecule is Cc1nccc(CNC2CCCCCC2O)n1. The van der Waals surface area contributed by atoms with Crippen LogP contribution in [0.15, 0.2) is 12.3 Å². The molecule has 1 fully saturated rings. The maximum absolute atomic E-state index is 9.99. The maximum Gasteiger partial charge on any atom is 0.125 e. The highest BCUT2D eigenvalue weighted by Gasteiger charge is 2.20. The Kier molecular flexibility index (Phi) is 4.45. The molecule has 1 aliphatic carbocycles. The van der Waals surface area contributed by atoms with Crippen LogP contribution in [0.2, 0.25) is 0 Å². The van der Waals surface area contributed by atoms with E-state index in [0.29, 0.717) is 6.54 Å². The quantitative estimate of drug-likeness (QED) is 0.781. The van der Waals surface area contributed by atoms with Crippen molar-refractivity contribution >= 4 is 0 Å². The van der Waals surface area contributed by atoms with E-state index in [4.69, 9.17) is 0 Å². The van der Waals surface area contributed by atoms with E-state index < -0.39 is 0 Å². The van der Waals surface area contributed by atoms with Gasteiger partial charge in [0.15, 0.2) is 0 Å². The van der Waals surface area contributed by atoms with Gasteiger partial charge in [-0.1, -0.05) is 19.3 Å². The first-order valence-electron chi connectivity index (χ1n) is 6.45. The molecule has 2 atom stereocenters. The third kappa shape index (κ3) is 3.75. The highest BCUT2D eigenvalue weighted by atomic mass is 16.3. The van der Waals surface area contributed by atoms with Crippen molar-refractivity contribution in [3.05, 3.63) is 23.8 Å². The lowest BCUT2D eigenvalue weighted by Gasteiger charge is -2.21. The van der Waals surface area contributed by atoms with Crippen molar-refractivity contribution in [2.75, 3.05) is 0 Å². The van der Waals surface area contributed by atoms with Gasteiger partial charge in [0.1, 0.15) is 5.82 Å². The topological polar surface area (TPSA) is 58.0 Å². The van der Waals surface area contributed by atoms with Crippen molar-refractivity contribution < 1.29 is 5.11 Å². The molecule has 1 aromatic heterocycles. The standard InChI is InChI=1S/C13H21N3O/c1-10-14-8-7-11(16-10)9-15-12-5-3-2-4-6-13(12)17/h7-8,12-13,15,17H,2-6,9H2,1H3. The van der Waals surface area contributed by atoms with E-state index in [0.717, 1.165) is 30.8 Å². The number of rotatable bonds is 3. The van der Waals surface area contributed by atoms with E-state index in [1.54, 1.807) is 6.20 Å². The molecule has 0 spiro atoms.